The second kappa shape index (κ2) is 38.4. The van der Waals surface area contributed by atoms with E-state index in [2.05, 4.69) is 47.9 Å². The highest BCUT2D eigenvalue weighted by Crippen LogP contribution is 2.20. The van der Waals surface area contributed by atoms with Gasteiger partial charge in [0.2, 0.25) is 65.0 Å². The topological polar surface area (TPSA) is 553 Å². The summed E-state index contributed by atoms with van der Waals surface area (Å²) in [5.41, 5.74) is 17.6. The number of rotatable bonds is 40. The Morgan fingerprint density at radius 3 is 1.52 bits per heavy atom. The lowest BCUT2D eigenvalue weighted by molar-refractivity contribution is -0.145. The van der Waals surface area contributed by atoms with Crippen LogP contribution in [0.2, 0.25) is 0 Å². The Labute approximate surface area is 499 Å². The molecule has 0 aliphatic carbocycles. The van der Waals surface area contributed by atoms with E-state index in [1.165, 1.54) is 11.8 Å². The van der Waals surface area contributed by atoms with Crippen molar-refractivity contribution >= 4 is 88.7 Å². The van der Waals surface area contributed by atoms with Crippen LogP contribution in [0.5, 0.6) is 0 Å². The molecule has 0 spiro atoms. The molecule has 13 atom stereocenters. The van der Waals surface area contributed by atoms with E-state index in [-0.39, 0.29) is 45.2 Å². The molecule has 1 aliphatic heterocycles. The third-order valence-corrected chi connectivity index (χ3v) is 14.1. The molecule has 482 valence electrons. The average Bonchev–Trinajstić information content (AvgIpc) is 3.70. The second-order valence-corrected chi connectivity index (χ2v) is 21.2. The minimum absolute atomic E-state index is 0.00751. The predicted octanol–water partition coefficient (Wildman–Crippen LogP) is -8.25. The number of amides is 11. The number of benzene rings is 1. The number of carbonyl (C=O) groups is 13. The van der Waals surface area contributed by atoms with Gasteiger partial charge in [0, 0.05) is 19.4 Å². The first kappa shape index (κ1) is 74.5. The van der Waals surface area contributed by atoms with Crippen LogP contribution in [0.25, 0.3) is 0 Å². The maximum absolute atomic E-state index is 13.8. The summed E-state index contributed by atoms with van der Waals surface area (Å²) in [5.74, 6) is -14.7. The van der Waals surface area contributed by atoms with E-state index in [9.17, 15) is 98.1 Å². The van der Waals surface area contributed by atoms with Crippen LogP contribution in [0.4, 0.5) is 0 Å². The number of hydrogen-bond donors (Lipinski definition) is 19. The predicted molar refractivity (Wildman–Crippen MR) is 304 cm³/mol. The van der Waals surface area contributed by atoms with Gasteiger partial charge in [0.25, 0.3) is 0 Å². The van der Waals surface area contributed by atoms with Crippen molar-refractivity contribution in [3.63, 3.8) is 0 Å². The highest BCUT2D eigenvalue weighted by molar-refractivity contribution is 7.98. The van der Waals surface area contributed by atoms with Gasteiger partial charge in [-0.25, -0.2) is 4.79 Å². The molecule has 33 nitrogen and oxygen atoms in total. The molecule has 0 saturated carbocycles. The Kier molecular flexibility index (Phi) is 33.3. The number of primary amides is 1. The van der Waals surface area contributed by atoms with Crippen LogP contribution in [-0.4, -0.2) is 241 Å². The van der Waals surface area contributed by atoms with Crippen LogP contribution in [0.15, 0.2) is 30.3 Å². The van der Waals surface area contributed by atoms with Crippen molar-refractivity contribution in [3.8, 4) is 0 Å². The van der Waals surface area contributed by atoms with Gasteiger partial charge in [0.05, 0.1) is 38.1 Å². The number of likely N-dealkylation sites (tertiary alicyclic amines) is 1. The van der Waals surface area contributed by atoms with Crippen molar-refractivity contribution in [2.45, 2.75) is 163 Å². The molecule has 2 rings (SSSR count). The van der Waals surface area contributed by atoms with Crippen molar-refractivity contribution < 1.29 is 98.1 Å². The zero-order chi connectivity index (χ0) is 64.8. The zero-order valence-corrected chi connectivity index (χ0v) is 48.8. The number of nitrogens with zero attached hydrogens (tertiary/aromatic N) is 1. The molecule has 0 radical (unpaired) electrons. The van der Waals surface area contributed by atoms with Crippen LogP contribution < -0.4 is 65.1 Å². The van der Waals surface area contributed by atoms with E-state index >= 15 is 0 Å². The van der Waals surface area contributed by atoms with Crippen LogP contribution in [0.1, 0.15) is 83.6 Å². The third-order valence-electron chi connectivity index (χ3n) is 13.4. The number of aliphatic hydroxyl groups is 5. The van der Waals surface area contributed by atoms with Crippen molar-refractivity contribution in [3.05, 3.63) is 35.9 Å². The Morgan fingerprint density at radius 1 is 0.581 bits per heavy atom. The van der Waals surface area contributed by atoms with E-state index in [1.54, 1.807) is 36.6 Å². The number of nitrogens with two attached hydrogens (primary N) is 3. The number of nitrogens with one attached hydrogen (secondary N) is 9. The fourth-order valence-electron chi connectivity index (χ4n) is 8.59. The molecule has 1 aromatic rings. The van der Waals surface area contributed by atoms with Crippen LogP contribution >= 0.6 is 11.8 Å². The van der Waals surface area contributed by atoms with Crippen LogP contribution in [0.3, 0.4) is 0 Å². The molecular formula is C52H83N13O20S. The first-order valence-corrected chi connectivity index (χ1v) is 29.0. The number of aliphatic carboxylic acids is 2. The molecule has 1 fully saturated rings. The van der Waals surface area contributed by atoms with E-state index < -0.39 is 201 Å². The molecule has 1 heterocycles. The van der Waals surface area contributed by atoms with E-state index in [0.717, 1.165) is 24.3 Å². The lowest BCUT2D eigenvalue weighted by Crippen LogP contribution is -2.63. The quantitative estimate of drug-likeness (QED) is 0.0271. The van der Waals surface area contributed by atoms with Crippen LogP contribution in [0, 0.1) is 0 Å². The molecule has 1 aromatic carbocycles. The van der Waals surface area contributed by atoms with E-state index in [0.29, 0.717) is 18.6 Å². The van der Waals surface area contributed by atoms with Crippen LogP contribution in [-0.2, 0) is 68.7 Å². The number of aliphatic hydroxyl groups excluding tert-OH is 5. The maximum atomic E-state index is 13.8. The molecule has 34 heteroatoms. The van der Waals surface area contributed by atoms with Gasteiger partial charge in [-0.3, -0.25) is 57.5 Å². The smallest absolute Gasteiger partial charge is 0.326 e. The van der Waals surface area contributed by atoms with Gasteiger partial charge >= 0.3 is 11.9 Å². The standard InChI is InChI=1S/C52H83N13O20S/c1-26(69)40(63-45(77)31(15-17-39(72)73)57-46(78)34(23-66)61-44(76)32(18-21-86-3)56-42(74)29(54)22-28-10-5-4-6-11-28)49(81)58-30(14-16-38(55)71)43(75)60-35(24-67)47(79)62-36(25-68)51(83)65-20-9-13-37(65)48(80)64-41(27(2)70)50(82)59-33(52(84)85)12-7-8-19-53/h4-6,10-11,26-27,29-37,40-41,66-70H,7-9,12-25,53-54H2,1-3H3,(H2,55,71)(H,56,74)(H,57,78)(H,58,81)(H,59,82)(H,60,75)(H,61,76)(H,62,79)(H,63,77)(H,64,80)(H,72,73)(H,84,85)/t26-,27-,29+,30+,31+,32+,33+,34+,35+,36+,37+,40+,41+/m1/s1. The summed E-state index contributed by atoms with van der Waals surface area (Å²) >= 11 is 1.33. The summed E-state index contributed by atoms with van der Waals surface area (Å²) in [6.45, 7) is -1.10. The molecule has 1 saturated heterocycles. The van der Waals surface area contributed by atoms with Crippen molar-refractivity contribution in [1.29, 1.82) is 0 Å². The Balaban J connectivity index is 2.26. The van der Waals surface area contributed by atoms with Gasteiger partial charge in [-0.2, -0.15) is 11.8 Å². The summed E-state index contributed by atoms with van der Waals surface area (Å²) in [6, 6.07) is -9.44. The highest BCUT2D eigenvalue weighted by Gasteiger charge is 2.41. The molecule has 1 aliphatic rings. The number of carbonyl (C=O) groups excluding carboxylic acids is 11. The van der Waals surface area contributed by atoms with E-state index in [4.69, 9.17) is 17.2 Å². The second-order valence-electron chi connectivity index (χ2n) is 20.3. The molecule has 0 unspecified atom stereocenters. The largest absolute Gasteiger partial charge is 0.481 e. The van der Waals surface area contributed by atoms with Crippen molar-refractivity contribution in [1.82, 2.24) is 52.8 Å². The number of carboxylic acid groups (broad SMARTS) is 2. The van der Waals surface area contributed by atoms with Gasteiger partial charge in [0.15, 0.2) is 0 Å². The summed E-state index contributed by atoms with van der Waals surface area (Å²) in [6.07, 6.45) is -3.24. The normalized spacial score (nSPS) is 17.1. The average molecular weight is 1240 g/mol. The zero-order valence-electron chi connectivity index (χ0n) is 47.9. The lowest BCUT2D eigenvalue weighted by atomic mass is 10.0. The summed E-state index contributed by atoms with van der Waals surface area (Å²) < 4.78 is 0. The van der Waals surface area contributed by atoms with E-state index in [1.807, 2.05) is 0 Å². The SMILES string of the molecule is CSCC[C@H](NC(=O)[C@@H](N)Cc1ccccc1)C(=O)N[C@@H](CO)C(=O)N[C@@H](CCC(=O)O)C(=O)N[C@H](C(=O)N[C@@H](CCC(N)=O)C(=O)N[C@@H](CO)C(=O)N[C@@H](CO)C(=O)N1CCC[C@H]1C(=O)N[C@H](C(=O)N[C@@H](CCCCN)C(=O)O)[C@@H](C)O)[C@@H](C)O. The Morgan fingerprint density at radius 2 is 1.03 bits per heavy atom. The number of carboxylic acids is 2. The number of unbranched alkanes of at least 4 members (excludes halogenated alkanes) is 1. The Bertz CT molecular complexity index is 2480. The minimum Gasteiger partial charge on any atom is -0.481 e. The molecule has 0 bridgehead atoms. The van der Waals surface area contributed by atoms with Crippen molar-refractivity contribution in [2.24, 2.45) is 17.2 Å². The van der Waals surface area contributed by atoms with Gasteiger partial charge in [0.1, 0.15) is 60.4 Å². The van der Waals surface area contributed by atoms with Crippen molar-refractivity contribution in [2.75, 3.05) is 44.9 Å². The summed E-state index contributed by atoms with van der Waals surface area (Å²) in [5, 5.41) is 91.1. The molecule has 22 N–H and O–H groups in total. The first-order valence-electron chi connectivity index (χ1n) is 27.6. The fourth-order valence-corrected chi connectivity index (χ4v) is 9.06. The molecule has 11 amide bonds. The minimum atomic E-state index is -2.04. The monoisotopic (exact) mass is 1240 g/mol. The highest BCUT2D eigenvalue weighted by atomic mass is 32.2. The summed E-state index contributed by atoms with van der Waals surface area (Å²) in [7, 11) is 0. The molecule has 86 heavy (non-hydrogen) atoms. The lowest BCUT2D eigenvalue weighted by Gasteiger charge is -2.30. The van der Waals surface area contributed by atoms with Gasteiger partial charge in [-0.15, -0.1) is 0 Å². The third kappa shape index (κ3) is 25.2. The number of hydrogen-bond acceptors (Lipinski definition) is 21. The Hall–Kier alpha value is -7.60. The summed E-state index contributed by atoms with van der Waals surface area (Å²) in [4.78, 5) is 172. The maximum Gasteiger partial charge on any atom is 0.326 e. The number of thioether (sulfide) groups is 1. The first-order chi connectivity index (χ1) is 40.6. The van der Waals surface area contributed by atoms with Gasteiger partial charge in [-0.1, -0.05) is 30.3 Å². The van der Waals surface area contributed by atoms with Gasteiger partial charge in [-0.05, 0) is 95.8 Å². The fraction of sp³-hybridized carbons (Fsp3) is 0.635. The van der Waals surface area contributed by atoms with Gasteiger partial charge < -0.3 is 106 Å². The molecular weight excluding hydrogens is 1160 g/mol. The molecule has 0 aromatic heterocycles.